The van der Waals surface area contributed by atoms with Crippen LogP contribution >= 0.6 is 11.6 Å². The van der Waals surface area contributed by atoms with Gasteiger partial charge in [-0.25, -0.2) is 21.5 Å². The summed E-state index contributed by atoms with van der Waals surface area (Å²) in [6.45, 7) is 0.664. The summed E-state index contributed by atoms with van der Waals surface area (Å²) in [4.78, 5) is 26.1. The molecule has 0 radical (unpaired) electrons. The fraction of sp³-hybridized carbons (Fsp3) is 0.231. The standard InChI is InChI=1S/C26H19ClF5N3O4S/c27-20-3-2-16(28)11-18(20)23-22-19(25(37)34-23)6-13(12-40(38,39)35-4-1-5-35)7-21(22)33-24(36)14-8-15(26(30,31)32)10-17(29)9-14/h2-3,6-11,23H,1,4-5,12H2,(H,33,36)(H,34,37). The lowest BCUT2D eigenvalue weighted by atomic mass is 9.94. The van der Waals surface area contributed by atoms with E-state index in [9.17, 15) is 40.0 Å². The van der Waals surface area contributed by atoms with Crippen LogP contribution in [0.15, 0.2) is 48.5 Å². The van der Waals surface area contributed by atoms with Crippen molar-refractivity contribution in [3.63, 3.8) is 0 Å². The van der Waals surface area contributed by atoms with Gasteiger partial charge in [-0.1, -0.05) is 11.6 Å². The summed E-state index contributed by atoms with van der Waals surface area (Å²) >= 11 is 6.26. The lowest BCUT2D eigenvalue weighted by molar-refractivity contribution is -0.137. The summed E-state index contributed by atoms with van der Waals surface area (Å²) in [5.41, 5.74) is -1.93. The average Bonchev–Trinajstić information content (AvgIpc) is 3.14. The summed E-state index contributed by atoms with van der Waals surface area (Å²) in [5.74, 6) is -4.34. The van der Waals surface area contributed by atoms with Crippen LogP contribution in [0, 0.1) is 11.6 Å². The topological polar surface area (TPSA) is 95.6 Å². The predicted octanol–water partition coefficient (Wildman–Crippen LogP) is 5.26. The first-order valence-electron chi connectivity index (χ1n) is 11.8. The van der Waals surface area contributed by atoms with Crippen molar-refractivity contribution in [3.05, 3.63) is 98.6 Å². The van der Waals surface area contributed by atoms with Gasteiger partial charge in [-0.15, -0.1) is 0 Å². The molecule has 7 nitrogen and oxygen atoms in total. The zero-order chi connectivity index (χ0) is 29.0. The number of alkyl halides is 3. The molecule has 0 aliphatic carbocycles. The largest absolute Gasteiger partial charge is 0.416 e. The Kier molecular flexibility index (Phi) is 7.09. The van der Waals surface area contributed by atoms with Crippen molar-refractivity contribution in [2.75, 3.05) is 18.4 Å². The Morgan fingerprint density at radius 3 is 2.42 bits per heavy atom. The molecule has 2 aliphatic rings. The lowest BCUT2D eigenvalue weighted by Crippen LogP contribution is -2.42. The van der Waals surface area contributed by atoms with Gasteiger partial charge in [0.05, 0.1) is 17.4 Å². The molecule has 0 aromatic heterocycles. The minimum absolute atomic E-state index is 0.0489. The molecule has 0 bridgehead atoms. The van der Waals surface area contributed by atoms with E-state index >= 15 is 0 Å². The first-order chi connectivity index (χ1) is 18.7. The van der Waals surface area contributed by atoms with Crippen LogP contribution in [-0.4, -0.2) is 37.6 Å². The molecule has 1 fully saturated rings. The quantitative estimate of drug-likeness (QED) is 0.378. The zero-order valence-corrected chi connectivity index (χ0v) is 21.9. The molecule has 14 heteroatoms. The number of sulfonamides is 1. The van der Waals surface area contributed by atoms with E-state index < -0.39 is 62.6 Å². The van der Waals surface area contributed by atoms with Gasteiger partial charge in [0, 0.05) is 46.1 Å². The van der Waals surface area contributed by atoms with Gasteiger partial charge in [0.2, 0.25) is 10.0 Å². The van der Waals surface area contributed by atoms with Crippen LogP contribution in [-0.2, 0) is 22.0 Å². The van der Waals surface area contributed by atoms with Crippen molar-refractivity contribution >= 4 is 39.1 Å². The van der Waals surface area contributed by atoms with E-state index in [1.807, 2.05) is 0 Å². The number of amides is 2. The van der Waals surface area contributed by atoms with Crippen LogP contribution < -0.4 is 10.6 Å². The van der Waals surface area contributed by atoms with Gasteiger partial charge in [0.15, 0.2) is 0 Å². The minimum Gasteiger partial charge on any atom is -0.341 e. The summed E-state index contributed by atoms with van der Waals surface area (Å²) in [6.07, 6.45) is -4.24. The van der Waals surface area contributed by atoms with Gasteiger partial charge in [-0.05, 0) is 60.5 Å². The van der Waals surface area contributed by atoms with Crippen LogP contribution in [0.25, 0.3) is 0 Å². The number of hydrogen-bond acceptors (Lipinski definition) is 4. The van der Waals surface area contributed by atoms with Crippen molar-refractivity contribution in [1.29, 1.82) is 0 Å². The number of hydrogen-bond donors (Lipinski definition) is 2. The molecule has 2 amide bonds. The molecule has 2 heterocycles. The maximum absolute atomic E-state index is 14.1. The Morgan fingerprint density at radius 1 is 1.05 bits per heavy atom. The van der Waals surface area contributed by atoms with E-state index in [1.165, 1.54) is 22.5 Å². The van der Waals surface area contributed by atoms with Gasteiger partial charge >= 0.3 is 6.18 Å². The number of carbonyl (C=O) groups is 2. The second-order valence-corrected chi connectivity index (χ2v) is 11.7. The highest BCUT2D eigenvalue weighted by molar-refractivity contribution is 7.88. The van der Waals surface area contributed by atoms with E-state index in [1.54, 1.807) is 0 Å². The van der Waals surface area contributed by atoms with Crippen molar-refractivity contribution < 1.29 is 40.0 Å². The van der Waals surface area contributed by atoms with Gasteiger partial charge in [0.1, 0.15) is 11.6 Å². The van der Waals surface area contributed by atoms with Crippen molar-refractivity contribution in [2.45, 2.75) is 24.4 Å². The number of nitrogens with one attached hydrogen (secondary N) is 2. The van der Waals surface area contributed by atoms with E-state index in [0.29, 0.717) is 31.6 Å². The average molecular weight is 600 g/mol. The van der Waals surface area contributed by atoms with Crippen LogP contribution in [0.3, 0.4) is 0 Å². The second-order valence-electron chi connectivity index (χ2n) is 9.37. The fourth-order valence-electron chi connectivity index (χ4n) is 4.59. The maximum Gasteiger partial charge on any atom is 0.416 e. The van der Waals surface area contributed by atoms with Crippen LogP contribution in [0.1, 0.15) is 55.4 Å². The minimum atomic E-state index is -4.93. The summed E-state index contributed by atoms with van der Waals surface area (Å²) in [7, 11) is -3.77. The number of rotatable bonds is 6. The summed E-state index contributed by atoms with van der Waals surface area (Å²) in [6, 6.07) is 6.20. The number of nitrogens with zero attached hydrogens (tertiary/aromatic N) is 1. The fourth-order valence-corrected chi connectivity index (χ4v) is 6.41. The molecule has 1 saturated heterocycles. The Balaban J connectivity index is 1.61. The highest BCUT2D eigenvalue weighted by Gasteiger charge is 2.37. The Hall–Kier alpha value is -3.55. The van der Waals surface area contributed by atoms with E-state index in [-0.39, 0.29) is 39.0 Å². The summed E-state index contributed by atoms with van der Waals surface area (Å²) < 4.78 is 94.6. The molecule has 2 aliphatic heterocycles. The monoisotopic (exact) mass is 599 g/mol. The molecular formula is C26H19ClF5N3O4S. The van der Waals surface area contributed by atoms with Crippen LogP contribution in [0.2, 0.25) is 5.02 Å². The Bertz CT molecular complexity index is 1660. The number of anilines is 1. The highest BCUT2D eigenvalue weighted by Crippen LogP contribution is 2.41. The maximum atomic E-state index is 14.1. The number of fused-ring (bicyclic) bond motifs is 1. The van der Waals surface area contributed by atoms with E-state index in [0.717, 1.165) is 12.1 Å². The van der Waals surface area contributed by atoms with Crippen LogP contribution in [0.4, 0.5) is 27.6 Å². The molecule has 3 aromatic rings. The molecule has 210 valence electrons. The third-order valence-electron chi connectivity index (χ3n) is 6.61. The van der Waals surface area contributed by atoms with Crippen molar-refractivity contribution in [1.82, 2.24) is 9.62 Å². The first kappa shape index (κ1) is 28.0. The first-order valence-corrected chi connectivity index (χ1v) is 13.8. The number of halogens is 6. The molecule has 5 rings (SSSR count). The predicted molar refractivity (Wildman–Crippen MR) is 135 cm³/mol. The highest BCUT2D eigenvalue weighted by atomic mass is 35.5. The van der Waals surface area contributed by atoms with Crippen molar-refractivity contribution in [3.8, 4) is 0 Å². The van der Waals surface area contributed by atoms with Gasteiger partial charge in [0.25, 0.3) is 11.8 Å². The molecule has 0 spiro atoms. The summed E-state index contributed by atoms with van der Waals surface area (Å²) in [5, 5.41) is 5.08. The lowest BCUT2D eigenvalue weighted by Gasteiger charge is -2.29. The normalized spacial score (nSPS) is 17.2. The van der Waals surface area contributed by atoms with Gasteiger partial charge in [-0.2, -0.15) is 13.2 Å². The second kappa shape index (κ2) is 10.1. The molecule has 3 aromatic carbocycles. The molecule has 40 heavy (non-hydrogen) atoms. The number of benzene rings is 3. The SMILES string of the molecule is O=C(Nc1cc(CS(=O)(=O)N2CCC2)cc2c1C(c1cc(F)ccc1Cl)NC2=O)c1cc(F)cc(C(F)(F)F)c1. The molecule has 1 atom stereocenters. The van der Waals surface area contributed by atoms with Crippen molar-refractivity contribution in [2.24, 2.45) is 0 Å². The molecular weight excluding hydrogens is 581 g/mol. The Morgan fingerprint density at radius 2 is 1.77 bits per heavy atom. The zero-order valence-electron chi connectivity index (χ0n) is 20.3. The van der Waals surface area contributed by atoms with Gasteiger partial charge in [-0.3, -0.25) is 9.59 Å². The molecule has 0 saturated carbocycles. The Labute approximate surface area is 230 Å². The third-order valence-corrected chi connectivity index (χ3v) is 8.80. The van der Waals surface area contributed by atoms with Gasteiger partial charge < -0.3 is 10.6 Å². The molecule has 1 unspecified atom stereocenters. The van der Waals surface area contributed by atoms with E-state index in [2.05, 4.69) is 10.6 Å². The number of carbonyl (C=O) groups excluding carboxylic acids is 2. The smallest absolute Gasteiger partial charge is 0.341 e. The molecule has 2 N–H and O–H groups in total. The van der Waals surface area contributed by atoms with Crippen LogP contribution in [0.5, 0.6) is 0 Å². The van der Waals surface area contributed by atoms with E-state index in [4.69, 9.17) is 11.6 Å². The third kappa shape index (κ3) is 5.40.